The van der Waals surface area contributed by atoms with Crippen LogP contribution in [0.15, 0.2) is 48.5 Å². The average molecular weight is 230 g/mol. The Morgan fingerprint density at radius 1 is 1.06 bits per heavy atom. The van der Waals surface area contributed by atoms with Gasteiger partial charge < -0.3 is 4.74 Å². The number of aldehydes is 1. The van der Waals surface area contributed by atoms with E-state index in [1.54, 1.807) is 30.3 Å². The van der Waals surface area contributed by atoms with Crippen LogP contribution in [-0.2, 0) is 0 Å². The van der Waals surface area contributed by atoms with Crippen LogP contribution in [0.4, 0.5) is 4.39 Å². The van der Waals surface area contributed by atoms with E-state index in [1.807, 2.05) is 18.2 Å². The van der Waals surface area contributed by atoms with Crippen molar-refractivity contribution in [3.63, 3.8) is 0 Å². The predicted octanol–water partition coefficient (Wildman–Crippen LogP) is 3.47. The fourth-order valence-corrected chi connectivity index (χ4v) is 1.58. The average Bonchev–Trinajstić information content (AvgIpc) is 2.40. The van der Waals surface area contributed by atoms with Crippen molar-refractivity contribution in [3.8, 4) is 16.9 Å². The monoisotopic (exact) mass is 230 g/mol. The molecular formula is C14H11FO2. The molecule has 0 saturated carbocycles. The summed E-state index contributed by atoms with van der Waals surface area (Å²) in [6, 6.07) is 14.3. The van der Waals surface area contributed by atoms with Crippen molar-refractivity contribution >= 4 is 6.29 Å². The molecule has 0 aliphatic heterocycles. The predicted molar refractivity (Wildman–Crippen MR) is 63.9 cm³/mol. The molecule has 0 spiro atoms. The number of hydrogen-bond acceptors (Lipinski definition) is 2. The fourth-order valence-electron chi connectivity index (χ4n) is 1.58. The van der Waals surface area contributed by atoms with Gasteiger partial charge in [-0.1, -0.05) is 36.4 Å². The summed E-state index contributed by atoms with van der Waals surface area (Å²) < 4.78 is 16.8. The van der Waals surface area contributed by atoms with E-state index in [4.69, 9.17) is 4.74 Å². The van der Waals surface area contributed by atoms with Gasteiger partial charge in [0.1, 0.15) is 12.0 Å². The Hall–Kier alpha value is -2.16. The first kappa shape index (κ1) is 11.3. The quantitative estimate of drug-likeness (QED) is 0.752. The summed E-state index contributed by atoms with van der Waals surface area (Å²) in [6.45, 7) is -0.840. The Morgan fingerprint density at radius 3 is 2.47 bits per heavy atom. The smallest absolute Gasteiger partial charge is 0.228 e. The summed E-state index contributed by atoms with van der Waals surface area (Å²) in [5.74, 6) is 0.490. The molecule has 0 heterocycles. The zero-order chi connectivity index (χ0) is 12.1. The lowest BCUT2D eigenvalue weighted by Crippen LogP contribution is -1.90. The fraction of sp³-hybridized carbons (Fsp3) is 0.0714. The molecule has 2 nitrogen and oxygen atoms in total. The van der Waals surface area contributed by atoms with Crippen LogP contribution in [0.3, 0.4) is 0 Å². The van der Waals surface area contributed by atoms with Crippen LogP contribution in [0, 0.1) is 0 Å². The third kappa shape index (κ3) is 2.69. The van der Waals surface area contributed by atoms with E-state index >= 15 is 0 Å². The standard InChI is InChI=1S/C14H11FO2/c15-10-17-14-3-1-2-13(8-14)12-6-4-11(9-16)5-7-12/h1-9H,10H2. The van der Waals surface area contributed by atoms with Crippen molar-refractivity contribution in [2.75, 3.05) is 6.86 Å². The van der Waals surface area contributed by atoms with Crippen LogP contribution in [0.1, 0.15) is 10.4 Å². The van der Waals surface area contributed by atoms with Gasteiger partial charge in [-0.15, -0.1) is 0 Å². The normalized spacial score (nSPS) is 9.94. The first-order valence-corrected chi connectivity index (χ1v) is 5.18. The lowest BCUT2D eigenvalue weighted by Gasteiger charge is -2.05. The van der Waals surface area contributed by atoms with Gasteiger partial charge >= 0.3 is 0 Å². The first-order valence-electron chi connectivity index (χ1n) is 5.18. The Morgan fingerprint density at radius 2 is 1.82 bits per heavy atom. The molecule has 0 atom stereocenters. The Labute approximate surface area is 98.7 Å². The first-order chi connectivity index (χ1) is 8.33. The molecule has 0 amide bonds. The maximum Gasteiger partial charge on any atom is 0.228 e. The van der Waals surface area contributed by atoms with Gasteiger partial charge in [0.15, 0.2) is 0 Å². The Kier molecular flexibility index (Phi) is 3.50. The number of carbonyl (C=O) groups excluding carboxylic acids is 1. The van der Waals surface area contributed by atoms with Crippen LogP contribution < -0.4 is 4.74 Å². The van der Waals surface area contributed by atoms with E-state index in [-0.39, 0.29) is 0 Å². The summed E-state index contributed by atoms with van der Waals surface area (Å²) in [6.07, 6.45) is 0.798. The van der Waals surface area contributed by atoms with Crippen LogP contribution in [0.2, 0.25) is 0 Å². The van der Waals surface area contributed by atoms with Crippen LogP contribution in [0.5, 0.6) is 5.75 Å². The lowest BCUT2D eigenvalue weighted by molar-refractivity contribution is 0.112. The maximum atomic E-state index is 12.1. The number of rotatable bonds is 4. The highest BCUT2D eigenvalue weighted by atomic mass is 19.1. The summed E-state index contributed by atoms with van der Waals surface area (Å²) in [4.78, 5) is 10.5. The maximum absolute atomic E-state index is 12.1. The molecule has 0 aromatic heterocycles. The van der Waals surface area contributed by atoms with Crippen molar-refractivity contribution in [2.24, 2.45) is 0 Å². The van der Waals surface area contributed by atoms with Gasteiger partial charge in [0.05, 0.1) is 0 Å². The number of hydrogen-bond donors (Lipinski definition) is 0. The molecule has 17 heavy (non-hydrogen) atoms. The molecule has 0 unspecified atom stereocenters. The van der Waals surface area contributed by atoms with Crippen LogP contribution in [-0.4, -0.2) is 13.1 Å². The molecule has 0 aliphatic rings. The molecular weight excluding hydrogens is 219 g/mol. The van der Waals surface area contributed by atoms with Crippen LogP contribution >= 0.6 is 0 Å². The third-order valence-electron chi connectivity index (χ3n) is 2.44. The van der Waals surface area contributed by atoms with Gasteiger partial charge in [0, 0.05) is 5.56 Å². The number of carbonyl (C=O) groups is 1. The van der Waals surface area contributed by atoms with E-state index in [1.165, 1.54) is 0 Å². The minimum atomic E-state index is -0.840. The van der Waals surface area contributed by atoms with Gasteiger partial charge in [-0.3, -0.25) is 4.79 Å². The summed E-state index contributed by atoms with van der Waals surface area (Å²) in [5.41, 5.74) is 2.51. The van der Waals surface area contributed by atoms with Gasteiger partial charge in [-0.25, -0.2) is 4.39 Å². The van der Waals surface area contributed by atoms with Gasteiger partial charge in [0.25, 0.3) is 0 Å². The molecule has 86 valence electrons. The molecule has 0 fully saturated rings. The van der Waals surface area contributed by atoms with E-state index < -0.39 is 6.86 Å². The second-order valence-electron chi connectivity index (χ2n) is 3.52. The number of halogens is 1. The van der Waals surface area contributed by atoms with Gasteiger partial charge in [-0.2, -0.15) is 0 Å². The topological polar surface area (TPSA) is 26.3 Å². The highest BCUT2D eigenvalue weighted by molar-refractivity contribution is 5.77. The number of alkyl halides is 1. The molecule has 0 bridgehead atoms. The number of ether oxygens (including phenoxy) is 1. The number of benzene rings is 2. The minimum Gasteiger partial charge on any atom is -0.463 e. The molecule has 3 heteroatoms. The largest absolute Gasteiger partial charge is 0.463 e. The highest BCUT2D eigenvalue weighted by Crippen LogP contribution is 2.24. The summed E-state index contributed by atoms with van der Waals surface area (Å²) >= 11 is 0. The molecule has 0 saturated heterocycles. The second kappa shape index (κ2) is 5.25. The van der Waals surface area contributed by atoms with Crippen molar-refractivity contribution < 1.29 is 13.9 Å². The van der Waals surface area contributed by atoms with Gasteiger partial charge in [-0.05, 0) is 23.3 Å². The Bertz CT molecular complexity index is 506. The highest BCUT2D eigenvalue weighted by Gasteiger charge is 2.00. The molecule has 2 rings (SSSR count). The molecule has 2 aromatic carbocycles. The van der Waals surface area contributed by atoms with Crippen molar-refractivity contribution in [1.29, 1.82) is 0 Å². The lowest BCUT2D eigenvalue weighted by atomic mass is 10.0. The molecule has 0 N–H and O–H groups in total. The minimum absolute atomic E-state index is 0.490. The zero-order valence-corrected chi connectivity index (χ0v) is 9.10. The van der Waals surface area contributed by atoms with E-state index in [9.17, 15) is 9.18 Å². The SMILES string of the molecule is O=Cc1ccc(-c2cccc(OCF)c2)cc1. The van der Waals surface area contributed by atoms with E-state index in [0.29, 0.717) is 11.3 Å². The van der Waals surface area contributed by atoms with Crippen molar-refractivity contribution in [1.82, 2.24) is 0 Å². The summed E-state index contributed by atoms with van der Waals surface area (Å²) in [7, 11) is 0. The second-order valence-corrected chi connectivity index (χ2v) is 3.52. The molecule has 2 aromatic rings. The molecule has 0 radical (unpaired) electrons. The zero-order valence-electron chi connectivity index (χ0n) is 9.10. The van der Waals surface area contributed by atoms with Gasteiger partial charge in [0.2, 0.25) is 6.86 Å². The van der Waals surface area contributed by atoms with Crippen molar-refractivity contribution in [2.45, 2.75) is 0 Å². The Balaban J connectivity index is 2.31. The van der Waals surface area contributed by atoms with E-state index in [0.717, 1.165) is 17.4 Å². The third-order valence-corrected chi connectivity index (χ3v) is 2.44. The molecule has 0 aliphatic carbocycles. The van der Waals surface area contributed by atoms with Crippen LogP contribution in [0.25, 0.3) is 11.1 Å². The van der Waals surface area contributed by atoms with Crippen molar-refractivity contribution in [3.05, 3.63) is 54.1 Å². The summed E-state index contributed by atoms with van der Waals surface area (Å²) in [5, 5.41) is 0. The van der Waals surface area contributed by atoms with E-state index in [2.05, 4.69) is 0 Å².